The van der Waals surface area contributed by atoms with Crippen LogP contribution in [0.3, 0.4) is 0 Å². The van der Waals surface area contributed by atoms with E-state index in [4.69, 9.17) is 4.42 Å². The van der Waals surface area contributed by atoms with Crippen molar-refractivity contribution in [2.75, 3.05) is 41.3 Å². The highest BCUT2D eigenvalue weighted by Gasteiger charge is 2.35. The minimum atomic E-state index is -2.75. The number of nitrogens with one attached hydrogen (secondary N) is 1. The number of benzene rings is 1. The molecule has 0 saturated carbocycles. The van der Waals surface area contributed by atoms with Gasteiger partial charge in [0.15, 0.2) is 11.4 Å². The molecule has 1 N–H and O–H groups in total. The third-order valence-electron chi connectivity index (χ3n) is 6.87. The van der Waals surface area contributed by atoms with E-state index in [1.807, 2.05) is 0 Å². The van der Waals surface area contributed by atoms with E-state index >= 15 is 0 Å². The van der Waals surface area contributed by atoms with Crippen LogP contribution in [0.15, 0.2) is 52.7 Å². The number of nitro benzene ring substituents is 1. The zero-order valence-electron chi connectivity index (χ0n) is 20.1. The molecule has 0 aliphatic carbocycles. The molecule has 3 aromatic rings. The summed E-state index contributed by atoms with van der Waals surface area (Å²) in [5.74, 6) is -2.90. The Kier molecular flexibility index (Phi) is 6.67. The van der Waals surface area contributed by atoms with E-state index in [0.717, 1.165) is 0 Å². The van der Waals surface area contributed by atoms with E-state index in [1.54, 1.807) is 21.9 Å². The second-order valence-electron chi connectivity index (χ2n) is 9.28. The van der Waals surface area contributed by atoms with Gasteiger partial charge in [-0.1, -0.05) is 0 Å². The monoisotopic (exact) mass is 533 g/mol. The summed E-state index contributed by atoms with van der Waals surface area (Å²) in [5, 5.41) is 14.7. The Balaban J connectivity index is 1.44. The number of aromatic nitrogens is 1. The first-order valence-corrected chi connectivity index (χ1v) is 12.0. The number of furan rings is 1. The van der Waals surface area contributed by atoms with Crippen LogP contribution in [-0.4, -0.2) is 47.9 Å². The number of fused-ring (bicyclic) bond motifs is 1. The van der Waals surface area contributed by atoms with Crippen LogP contribution in [-0.2, 0) is 0 Å². The van der Waals surface area contributed by atoms with Gasteiger partial charge >= 0.3 is 0 Å². The van der Waals surface area contributed by atoms with Crippen molar-refractivity contribution >= 4 is 39.9 Å². The topological polar surface area (TPSA) is 105 Å². The molecule has 0 bridgehead atoms. The Bertz CT molecular complexity index is 1420. The number of non-ortho nitro benzene ring substituents is 1. The normalized spacial score (nSPS) is 17.5. The number of rotatable bonds is 5. The van der Waals surface area contributed by atoms with Crippen LogP contribution in [0.2, 0.25) is 0 Å². The molecule has 0 spiro atoms. The molecular formula is C25H23F4N5O4. The highest BCUT2D eigenvalue weighted by Crippen LogP contribution is 2.35. The average molecular weight is 533 g/mol. The fourth-order valence-electron chi connectivity index (χ4n) is 4.76. The number of piperidine rings is 2. The molecule has 2 fully saturated rings. The summed E-state index contributed by atoms with van der Waals surface area (Å²) in [6.07, 6.45) is -0.812. The van der Waals surface area contributed by atoms with Crippen molar-refractivity contribution in [3.8, 4) is 0 Å². The van der Waals surface area contributed by atoms with Crippen LogP contribution in [0.5, 0.6) is 0 Å². The Morgan fingerprint density at radius 3 is 2.42 bits per heavy atom. The van der Waals surface area contributed by atoms with Gasteiger partial charge in [-0.15, -0.1) is 0 Å². The number of halogens is 4. The molecule has 2 saturated heterocycles. The molecule has 2 aromatic heterocycles. The molecule has 13 heteroatoms. The van der Waals surface area contributed by atoms with Crippen molar-refractivity contribution in [2.45, 2.75) is 31.6 Å². The first-order chi connectivity index (χ1) is 18.1. The summed E-state index contributed by atoms with van der Waals surface area (Å²) in [5.41, 5.74) is 0.548. The number of nitro groups is 1. The van der Waals surface area contributed by atoms with Crippen molar-refractivity contribution < 1.29 is 31.7 Å². The standard InChI is InChI=1S/C25H23F4N5O4/c26-22(27)15-3-8-32(9-4-15)19-14-17(34(36)37)1-2-18(19)24(35)31-20-13-16-5-12-38-21(16)23(30-20)33-10-6-25(28,29)7-11-33/h1-2,5,12-14H,3-4,6-11H2,(H,30,31,35). The van der Waals surface area contributed by atoms with Crippen molar-refractivity contribution in [3.05, 3.63) is 63.9 Å². The lowest BCUT2D eigenvalue weighted by molar-refractivity contribution is -0.384. The number of amides is 1. The number of hydrogen-bond acceptors (Lipinski definition) is 7. The maximum Gasteiger partial charge on any atom is 0.271 e. The molecule has 0 radical (unpaired) electrons. The van der Waals surface area contributed by atoms with E-state index < -0.39 is 22.8 Å². The Hall–Kier alpha value is -4.16. The summed E-state index contributed by atoms with van der Waals surface area (Å²) < 4.78 is 59.0. The van der Waals surface area contributed by atoms with Gasteiger partial charge in [0, 0.05) is 56.5 Å². The lowest BCUT2D eigenvalue weighted by Gasteiger charge is -2.32. The highest BCUT2D eigenvalue weighted by molar-refractivity contribution is 6.09. The van der Waals surface area contributed by atoms with E-state index in [-0.39, 0.29) is 80.2 Å². The lowest BCUT2D eigenvalue weighted by Crippen LogP contribution is -2.39. The molecule has 5 rings (SSSR count). The Labute approximate surface area is 213 Å². The summed E-state index contributed by atoms with van der Waals surface area (Å²) in [6.45, 7) is 0.448. The van der Waals surface area contributed by atoms with Crippen molar-refractivity contribution in [3.63, 3.8) is 0 Å². The number of anilines is 3. The van der Waals surface area contributed by atoms with Gasteiger partial charge < -0.3 is 19.5 Å². The number of pyridine rings is 1. The van der Waals surface area contributed by atoms with Crippen LogP contribution in [0.1, 0.15) is 36.0 Å². The second kappa shape index (κ2) is 9.95. The summed E-state index contributed by atoms with van der Waals surface area (Å²) in [6, 6.07) is 7.00. The van der Waals surface area contributed by atoms with Crippen molar-refractivity contribution in [1.82, 2.24) is 4.98 Å². The minimum Gasteiger partial charge on any atom is -0.460 e. The lowest BCUT2D eigenvalue weighted by atomic mass is 10.0. The molecule has 2 aliphatic rings. The molecule has 1 amide bonds. The number of nitrogens with zero attached hydrogens (tertiary/aromatic N) is 4. The number of carbonyl (C=O) groups excluding carboxylic acids is 1. The van der Waals surface area contributed by atoms with Crippen molar-refractivity contribution in [2.24, 2.45) is 0 Å². The number of hydrogen-bond donors (Lipinski definition) is 1. The Morgan fingerprint density at radius 2 is 1.76 bits per heavy atom. The third kappa shape index (κ3) is 5.13. The van der Waals surface area contributed by atoms with Gasteiger partial charge in [0.1, 0.15) is 5.82 Å². The van der Waals surface area contributed by atoms with E-state index in [1.165, 1.54) is 24.5 Å². The van der Waals surface area contributed by atoms with Crippen molar-refractivity contribution in [1.29, 1.82) is 0 Å². The summed E-state index contributed by atoms with van der Waals surface area (Å²) in [4.78, 5) is 32.0. The molecule has 2 aliphatic heterocycles. The molecular weight excluding hydrogens is 510 g/mol. The Morgan fingerprint density at radius 1 is 1.05 bits per heavy atom. The highest BCUT2D eigenvalue weighted by atomic mass is 19.3. The van der Waals surface area contributed by atoms with Gasteiger partial charge in [-0.05, 0) is 36.6 Å². The van der Waals surface area contributed by atoms with Gasteiger partial charge in [0.2, 0.25) is 0 Å². The predicted octanol–water partition coefficient (Wildman–Crippen LogP) is 5.97. The maximum absolute atomic E-state index is 13.7. The third-order valence-corrected chi connectivity index (χ3v) is 6.87. The molecule has 200 valence electrons. The van der Waals surface area contributed by atoms with Crippen LogP contribution >= 0.6 is 0 Å². The van der Waals surface area contributed by atoms with E-state index in [0.29, 0.717) is 16.8 Å². The van der Waals surface area contributed by atoms with Crippen LogP contribution in [0.4, 0.5) is 40.6 Å². The first-order valence-electron chi connectivity index (χ1n) is 12.0. The van der Waals surface area contributed by atoms with E-state index in [2.05, 4.69) is 10.3 Å². The molecule has 1 aromatic carbocycles. The first kappa shape index (κ1) is 25.5. The van der Waals surface area contributed by atoms with Gasteiger partial charge in [0.25, 0.3) is 23.6 Å². The molecule has 9 nitrogen and oxygen atoms in total. The fraction of sp³-hybridized carbons (Fsp3) is 0.360. The largest absolute Gasteiger partial charge is 0.460 e. The molecule has 0 atom stereocenters. The SMILES string of the molecule is O=C(Nc1cc2ccoc2c(N2CCC(F)(F)CC2)n1)c1ccc([N+](=O)[O-])cc1N1CCC(=C(F)F)CC1. The van der Waals surface area contributed by atoms with Crippen LogP contribution in [0, 0.1) is 10.1 Å². The summed E-state index contributed by atoms with van der Waals surface area (Å²) in [7, 11) is 0. The van der Waals surface area contributed by atoms with Gasteiger partial charge in [-0.2, -0.15) is 8.78 Å². The smallest absolute Gasteiger partial charge is 0.271 e. The van der Waals surface area contributed by atoms with Gasteiger partial charge in [-0.25, -0.2) is 13.8 Å². The molecule has 38 heavy (non-hydrogen) atoms. The minimum absolute atomic E-state index is 0.0262. The predicted molar refractivity (Wildman–Crippen MR) is 132 cm³/mol. The maximum atomic E-state index is 13.7. The second-order valence-corrected chi connectivity index (χ2v) is 9.28. The molecule has 4 heterocycles. The fourth-order valence-corrected chi connectivity index (χ4v) is 4.76. The van der Waals surface area contributed by atoms with E-state index in [9.17, 15) is 32.5 Å². The van der Waals surface area contributed by atoms with Crippen LogP contribution in [0.25, 0.3) is 11.0 Å². The quantitative estimate of drug-likeness (QED) is 0.245. The van der Waals surface area contributed by atoms with Gasteiger partial charge in [0.05, 0.1) is 22.4 Å². The average Bonchev–Trinajstić information content (AvgIpc) is 3.36. The molecule has 0 unspecified atom stereocenters. The number of carbonyl (C=O) groups is 1. The summed E-state index contributed by atoms with van der Waals surface area (Å²) >= 11 is 0. The zero-order valence-corrected chi connectivity index (χ0v) is 20.1. The zero-order chi connectivity index (χ0) is 27.0. The van der Waals surface area contributed by atoms with Gasteiger partial charge in [-0.3, -0.25) is 14.9 Å². The van der Waals surface area contributed by atoms with Crippen LogP contribution < -0.4 is 15.1 Å². The number of alkyl halides is 2.